The summed E-state index contributed by atoms with van der Waals surface area (Å²) in [5.74, 6) is -0.0175. The number of hydrogen-bond donors (Lipinski definition) is 0. The third kappa shape index (κ3) is 5.02. The van der Waals surface area contributed by atoms with E-state index in [0.717, 1.165) is 18.7 Å². The first-order valence-electron chi connectivity index (χ1n) is 12.7. The number of methoxy groups -OCH3 is 1. The minimum Gasteiger partial charge on any atom is -0.496 e. The number of aromatic nitrogens is 1. The molecular formula is C29H30ClN3O4S. The number of allylic oxidation sites excluding steroid dienone is 1. The van der Waals surface area contributed by atoms with E-state index in [1.54, 1.807) is 50.6 Å². The van der Waals surface area contributed by atoms with Gasteiger partial charge in [-0.25, -0.2) is 9.79 Å². The molecule has 2 aromatic carbocycles. The molecule has 9 heteroatoms. The molecule has 0 saturated carbocycles. The molecule has 1 aromatic heterocycles. The van der Waals surface area contributed by atoms with Crippen LogP contribution in [0.3, 0.4) is 0 Å². The number of fused-ring (bicyclic) bond motifs is 1. The average molecular weight is 552 g/mol. The van der Waals surface area contributed by atoms with Crippen LogP contribution in [-0.2, 0) is 9.53 Å². The maximum atomic E-state index is 13.9. The van der Waals surface area contributed by atoms with Gasteiger partial charge in [-0.2, -0.15) is 0 Å². The first-order valence-corrected chi connectivity index (χ1v) is 13.9. The van der Waals surface area contributed by atoms with Crippen LogP contribution in [0.1, 0.15) is 50.8 Å². The van der Waals surface area contributed by atoms with Crippen molar-refractivity contribution >= 4 is 40.7 Å². The van der Waals surface area contributed by atoms with Crippen LogP contribution < -0.4 is 24.5 Å². The number of esters is 1. The molecule has 38 heavy (non-hydrogen) atoms. The maximum absolute atomic E-state index is 13.9. The van der Waals surface area contributed by atoms with Gasteiger partial charge in [0.05, 0.1) is 29.0 Å². The van der Waals surface area contributed by atoms with Crippen molar-refractivity contribution in [2.24, 2.45) is 4.99 Å². The highest BCUT2D eigenvalue weighted by Crippen LogP contribution is 2.37. The number of nitrogens with zero attached hydrogens (tertiary/aromatic N) is 3. The Morgan fingerprint density at radius 2 is 1.87 bits per heavy atom. The van der Waals surface area contributed by atoms with Gasteiger partial charge in [0.25, 0.3) is 5.56 Å². The van der Waals surface area contributed by atoms with Gasteiger partial charge in [0.1, 0.15) is 11.8 Å². The Balaban J connectivity index is 1.65. The topological polar surface area (TPSA) is 73.1 Å². The predicted molar refractivity (Wildman–Crippen MR) is 151 cm³/mol. The second kappa shape index (κ2) is 10.8. The van der Waals surface area contributed by atoms with Gasteiger partial charge in [-0.1, -0.05) is 35.1 Å². The molecule has 1 saturated heterocycles. The monoisotopic (exact) mass is 551 g/mol. The molecule has 0 spiro atoms. The highest BCUT2D eigenvalue weighted by molar-refractivity contribution is 7.07. The number of thiazole rings is 1. The lowest BCUT2D eigenvalue weighted by atomic mass is 9.95. The minimum absolute atomic E-state index is 0.244. The number of ether oxygens (including phenoxy) is 2. The van der Waals surface area contributed by atoms with Crippen LogP contribution in [0.5, 0.6) is 5.75 Å². The Bertz CT molecular complexity index is 1580. The maximum Gasteiger partial charge on any atom is 0.338 e. The minimum atomic E-state index is -0.800. The van der Waals surface area contributed by atoms with Crippen molar-refractivity contribution in [2.45, 2.75) is 45.8 Å². The van der Waals surface area contributed by atoms with Gasteiger partial charge < -0.3 is 14.4 Å². The lowest BCUT2D eigenvalue weighted by molar-refractivity contribution is -0.143. The van der Waals surface area contributed by atoms with Crippen molar-refractivity contribution in [3.63, 3.8) is 0 Å². The van der Waals surface area contributed by atoms with Crippen molar-refractivity contribution in [3.05, 3.63) is 89.6 Å². The smallest absolute Gasteiger partial charge is 0.338 e. The third-order valence-electron chi connectivity index (χ3n) is 6.73. The van der Waals surface area contributed by atoms with Crippen LogP contribution in [0, 0.1) is 0 Å². The molecule has 2 aliphatic heterocycles. The number of halogens is 1. The van der Waals surface area contributed by atoms with Crippen LogP contribution in [0.2, 0.25) is 5.02 Å². The summed E-state index contributed by atoms with van der Waals surface area (Å²) in [6, 6.07) is 12.6. The third-order valence-corrected chi connectivity index (χ3v) is 7.95. The van der Waals surface area contributed by atoms with Crippen LogP contribution in [-0.4, -0.2) is 36.8 Å². The fourth-order valence-corrected chi connectivity index (χ4v) is 6.21. The summed E-state index contributed by atoms with van der Waals surface area (Å²) in [6.45, 7) is 7.48. The summed E-state index contributed by atoms with van der Waals surface area (Å²) in [7, 11) is 1.55. The molecule has 5 rings (SSSR count). The molecule has 2 aliphatic rings. The zero-order valence-corrected chi connectivity index (χ0v) is 23.4. The average Bonchev–Trinajstić information content (AvgIpc) is 3.52. The summed E-state index contributed by atoms with van der Waals surface area (Å²) in [4.78, 5) is 34.7. The van der Waals surface area contributed by atoms with E-state index >= 15 is 0 Å². The first kappa shape index (κ1) is 26.3. The Hall–Kier alpha value is -3.36. The first-order chi connectivity index (χ1) is 18.3. The number of anilines is 1. The summed E-state index contributed by atoms with van der Waals surface area (Å²) in [5, 5.41) is 0.465. The van der Waals surface area contributed by atoms with Crippen molar-refractivity contribution in [1.82, 2.24) is 4.57 Å². The highest BCUT2D eigenvalue weighted by atomic mass is 35.5. The van der Waals surface area contributed by atoms with Crippen LogP contribution >= 0.6 is 22.9 Å². The lowest BCUT2D eigenvalue weighted by Gasteiger charge is -2.26. The van der Waals surface area contributed by atoms with E-state index in [1.807, 2.05) is 18.2 Å². The molecule has 0 amide bonds. The molecule has 3 heterocycles. The van der Waals surface area contributed by atoms with Gasteiger partial charge in [-0.3, -0.25) is 9.36 Å². The van der Waals surface area contributed by atoms with E-state index in [0.29, 0.717) is 31.4 Å². The molecule has 0 unspecified atom stereocenters. The second-order valence-electron chi connectivity index (χ2n) is 9.71. The molecule has 198 valence electrons. The predicted octanol–water partition coefficient (Wildman–Crippen LogP) is 4.45. The van der Waals surface area contributed by atoms with E-state index in [9.17, 15) is 9.59 Å². The van der Waals surface area contributed by atoms with Crippen molar-refractivity contribution in [3.8, 4) is 5.75 Å². The number of rotatable bonds is 6. The lowest BCUT2D eigenvalue weighted by Crippen LogP contribution is -2.40. The van der Waals surface area contributed by atoms with Crippen molar-refractivity contribution in [1.29, 1.82) is 0 Å². The molecular weight excluding hydrogens is 522 g/mol. The molecule has 0 N–H and O–H groups in total. The van der Waals surface area contributed by atoms with E-state index < -0.39 is 12.0 Å². The fraction of sp³-hybridized carbons (Fsp3) is 0.345. The van der Waals surface area contributed by atoms with Crippen molar-refractivity contribution < 1.29 is 14.3 Å². The van der Waals surface area contributed by atoms with Gasteiger partial charge in [-0.05, 0) is 75.6 Å². The molecule has 0 radical (unpaired) electrons. The highest BCUT2D eigenvalue weighted by Gasteiger charge is 2.35. The van der Waals surface area contributed by atoms with Gasteiger partial charge in [0.2, 0.25) is 0 Å². The molecule has 0 aliphatic carbocycles. The Morgan fingerprint density at radius 3 is 2.53 bits per heavy atom. The van der Waals surface area contributed by atoms with Gasteiger partial charge in [0, 0.05) is 29.4 Å². The number of carbonyl (C=O) groups excluding carboxylic acids is 1. The van der Waals surface area contributed by atoms with E-state index in [2.05, 4.69) is 22.0 Å². The molecule has 0 bridgehead atoms. The molecule has 3 aromatic rings. The van der Waals surface area contributed by atoms with Crippen LogP contribution in [0.4, 0.5) is 5.69 Å². The number of benzene rings is 2. The molecule has 1 atom stereocenters. The van der Waals surface area contributed by atoms with Crippen LogP contribution in [0.25, 0.3) is 6.08 Å². The largest absolute Gasteiger partial charge is 0.496 e. The quantitative estimate of drug-likeness (QED) is 0.423. The molecule has 1 fully saturated rings. The normalized spacial score (nSPS) is 17.6. The standard InChI is InChI=1S/C29H30ClN3O4S/c1-17(2)37-28(35)25-18(3)31-29-33(26(25)22-16-20(30)9-12-23(22)36-4)27(34)24(38-29)15-19-7-10-21(11-8-19)32-13-5-6-14-32/h7-12,15-17,26H,5-6,13-14H2,1-4H3/b24-15-/t26-/m1/s1. The van der Waals surface area contributed by atoms with E-state index in [1.165, 1.54) is 29.9 Å². The Morgan fingerprint density at radius 1 is 1.16 bits per heavy atom. The van der Waals surface area contributed by atoms with E-state index in [-0.39, 0.29) is 17.2 Å². The Labute approximate surface area is 230 Å². The van der Waals surface area contributed by atoms with Crippen molar-refractivity contribution in [2.75, 3.05) is 25.1 Å². The molecule has 7 nitrogen and oxygen atoms in total. The van der Waals surface area contributed by atoms with Gasteiger partial charge in [0.15, 0.2) is 4.80 Å². The summed E-state index contributed by atoms with van der Waals surface area (Å²) < 4.78 is 13.3. The van der Waals surface area contributed by atoms with Crippen LogP contribution in [0.15, 0.2) is 63.5 Å². The summed E-state index contributed by atoms with van der Waals surface area (Å²) in [5.41, 5.74) is 3.24. The Kier molecular flexibility index (Phi) is 7.45. The van der Waals surface area contributed by atoms with Gasteiger partial charge in [-0.15, -0.1) is 0 Å². The second-order valence-corrected chi connectivity index (χ2v) is 11.2. The SMILES string of the molecule is COc1ccc(Cl)cc1[C@@H]1C(C(=O)OC(C)C)=C(C)N=c2s/c(=C\c3ccc(N4CCCC4)cc3)c(=O)n21. The summed E-state index contributed by atoms with van der Waals surface area (Å²) in [6.07, 6.45) is 3.97. The number of carbonyl (C=O) groups is 1. The fourth-order valence-electron chi connectivity index (χ4n) is 4.98. The zero-order chi connectivity index (χ0) is 27.0. The zero-order valence-electron chi connectivity index (χ0n) is 21.9. The summed E-state index contributed by atoms with van der Waals surface area (Å²) >= 11 is 7.67. The van der Waals surface area contributed by atoms with Gasteiger partial charge >= 0.3 is 5.97 Å². The van der Waals surface area contributed by atoms with E-state index in [4.69, 9.17) is 21.1 Å². The number of hydrogen-bond acceptors (Lipinski definition) is 7.